The molecule has 1 aromatic carbocycles. The molecule has 0 spiro atoms. The number of ether oxygens (including phenoxy) is 2. The van der Waals surface area contributed by atoms with Crippen molar-refractivity contribution < 1.29 is 19.1 Å². The van der Waals surface area contributed by atoms with Gasteiger partial charge in [-0.1, -0.05) is 60.1 Å². The number of hydrogen-bond acceptors (Lipinski definition) is 4. The van der Waals surface area contributed by atoms with Crippen LogP contribution in [-0.4, -0.2) is 30.0 Å². The molecule has 0 aliphatic rings. The lowest BCUT2D eigenvalue weighted by atomic mass is 9.60. The Morgan fingerprint density at radius 2 is 1.63 bits per heavy atom. The van der Waals surface area contributed by atoms with Gasteiger partial charge in [0.05, 0.1) is 25.0 Å². The maximum atomic E-state index is 13.0. The zero-order valence-corrected chi connectivity index (χ0v) is 19.2. The zero-order chi connectivity index (χ0) is 20.9. The van der Waals surface area contributed by atoms with E-state index >= 15 is 0 Å². The molecule has 0 amide bonds. The Bertz CT molecular complexity index is 637. The number of alkyl halides is 1. The fourth-order valence-electron chi connectivity index (χ4n) is 3.68. The van der Waals surface area contributed by atoms with Crippen molar-refractivity contribution >= 4 is 27.9 Å². The Hall–Kier alpha value is -1.36. The minimum Gasteiger partial charge on any atom is -0.469 e. The van der Waals surface area contributed by atoms with Crippen LogP contribution in [0.2, 0.25) is 0 Å². The fraction of sp³-hybridized carbons (Fsp3) is 0.636. The second-order valence-electron chi connectivity index (χ2n) is 8.08. The molecule has 0 heterocycles. The fourth-order valence-corrected chi connectivity index (χ4v) is 3.99. The van der Waals surface area contributed by atoms with E-state index in [9.17, 15) is 9.59 Å². The lowest BCUT2D eigenvalue weighted by molar-refractivity contribution is -0.159. The minimum absolute atomic E-state index is 0.257. The molecule has 3 atom stereocenters. The van der Waals surface area contributed by atoms with Crippen LogP contribution in [0.25, 0.3) is 0 Å². The summed E-state index contributed by atoms with van der Waals surface area (Å²) in [5, 5.41) is 0. The average molecular weight is 441 g/mol. The summed E-state index contributed by atoms with van der Waals surface area (Å²) in [7, 11) is 1.41. The highest BCUT2D eigenvalue weighted by atomic mass is 79.9. The molecular formula is C22H33BrO4. The highest BCUT2D eigenvalue weighted by molar-refractivity contribution is 9.10. The molecule has 0 N–H and O–H groups in total. The molecule has 4 nitrogen and oxygen atoms in total. The smallest absolute Gasteiger partial charge is 0.313 e. The van der Waals surface area contributed by atoms with Gasteiger partial charge in [-0.15, -0.1) is 0 Å². The number of hydrogen-bond donors (Lipinski definition) is 0. The monoisotopic (exact) mass is 440 g/mol. The van der Waals surface area contributed by atoms with E-state index in [0.717, 1.165) is 5.56 Å². The largest absolute Gasteiger partial charge is 0.469 e. The maximum Gasteiger partial charge on any atom is 0.313 e. The predicted molar refractivity (Wildman–Crippen MR) is 112 cm³/mol. The summed E-state index contributed by atoms with van der Waals surface area (Å²) < 4.78 is 10.1. The van der Waals surface area contributed by atoms with Gasteiger partial charge in [-0.3, -0.25) is 9.59 Å². The second kappa shape index (κ2) is 9.22. The molecule has 0 fully saturated rings. The lowest BCUT2D eigenvalue weighted by Gasteiger charge is -2.46. The van der Waals surface area contributed by atoms with E-state index in [1.807, 2.05) is 65.0 Å². The molecule has 0 saturated carbocycles. The molecule has 0 bridgehead atoms. The van der Waals surface area contributed by atoms with Crippen molar-refractivity contribution in [1.82, 2.24) is 0 Å². The van der Waals surface area contributed by atoms with Crippen LogP contribution in [0, 0.1) is 10.8 Å². The average Bonchev–Trinajstić information content (AvgIpc) is 2.61. The first-order chi connectivity index (χ1) is 12.5. The van der Waals surface area contributed by atoms with E-state index in [0.29, 0.717) is 19.4 Å². The van der Waals surface area contributed by atoms with Crippen LogP contribution in [0.5, 0.6) is 0 Å². The highest BCUT2D eigenvalue weighted by Crippen LogP contribution is 2.53. The van der Waals surface area contributed by atoms with Crippen molar-refractivity contribution in [2.75, 3.05) is 13.7 Å². The second-order valence-corrected chi connectivity index (χ2v) is 10.1. The van der Waals surface area contributed by atoms with E-state index in [1.165, 1.54) is 7.11 Å². The number of halogens is 1. The van der Waals surface area contributed by atoms with E-state index in [-0.39, 0.29) is 11.9 Å². The summed E-state index contributed by atoms with van der Waals surface area (Å²) >= 11 is 3.68. The van der Waals surface area contributed by atoms with Gasteiger partial charge in [0.25, 0.3) is 0 Å². The molecule has 0 aliphatic heterocycles. The quantitative estimate of drug-likeness (QED) is 0.376. The van der Waals surface area contributed by atoms with Crippen LogP contribution in [0.4, 0.5) is 0 Å². The molecule has 5 heteroatoms. The van der Waals surface area contributed by atoms with Crippen molar-refractivity contribution in [3.63, 3.8) is 0 Å². The lowest BCUT2D eigenvalue weighted by Crippen LogP contribution is -2.49. The number of benzene rings is 1. The Balaban J connectivity index is 3.50. The molecule has 0 aliphatic carbocycles. The topological polar surface area (TPSA) is 52.6 Å². The van der Waals surface area contributed by atoms with Crippen LogP contribution < -0.4 is 0 Å². The predicted octanol–water partition coefficient (Wildman–Crippen LogP) is 5.49. The minimum atomic E-state index is -0.827. The van der Waals surface area contributed by atoms with Gasteiger partial charge in [-0.25, -0.2) is 0 Å². The van der Waals surface area contributed by atoms with Crippen molar-refractivity contribution in [2.45, 2.75) is 64.6 Å². The van der Waals surface area contributed by atoms with Crippen LogP contribution >= 0.6 is 15.9 Å². The van der Waals surface area contributed by atoms with Gasteiger partial charge in [-0.2, -0.15) is 0 Å². The first-order valence-corrected chi connectivity index (χ1v) is 10.2. The molecule has 27 heavy (non-hydrogen) atoms. The summed E-state index contributed by atoms with van der Waals surface area (Å²) in [6, 6.07) is 9.67. The van der Waals surface area contributed by atoms with Crippen LogP contribution in [0.1, 0.15) is 65.9 Å². The molecule has 3 unspecified atom stereocenters. The summed E-state index contributed by atoms with van der Waals surface area (Å²) in [5.74, 6) is -1.02. The molecule has 152 valence electrons. The maximum absolute atomic E-state index is 13.0. The number of esters is 2. The van der Waals surface area contributed by atoms with E-state index in [4.69, 9.17) is 9.47 Å². The van der Waals surface area contributed by atoms with Crippen molar-refractivity contribution in [3.8, 4) is 0 Å². The van der Waals surface area contributed by atoms with Gasteiger partial charge >= 0.3 is 11.9 Å². The first-order valence-electron chi connectivity index (χ1n) is 9.45. The Morgan fingerprint density at radius 3 is 2.04 bits per heavy atom. The normalized spacial score (nSPS) is 17.3. The van der Waals surface area contributed by atoms with Gasteiger partial charge in [0.15, 0.2) is 0 Å². The number of rotatable bonds is 9. The SMILES string of the molecule is CCOC(=O)C(c1ccccc1)C(C)(CC)CC(C)(C(=O)OC)C(C)(C)Br. The molecule has 0 aromatic heterocycles. The van der Waals surface area contributed by atoms with Crippen LogP contribution in [0.15, 0.2) is 30.3 Å². The number of carbonyl (C=O) groups is 2. The zero-order valence-electron chi connectivity index (χ0n) is 17.6. The molecule has 0 radical (unpaired) electrons. The Morgan fingerprint density at radius 1 is 1.07 bits per heavy atom. The third-order valence-electron chi connectivity index (χ3n) is 5.87. The van der Waals surface area contributed by atoms with Gasteiger partial charge in [-0.05, 0) is 51.5 Å². The van der Waals surface area contributed by atoms with E-state index in [2.05, 4.69) is 22.9 Å². The van der Waals surface area contributed by atoms with Crippen molar-refractivity contribution in [1.29, 1.82) is 0 Å². The van der Waals surface area contributed by atoms with E-state index in [1.54, 1.807) is 0 Å². The third-order valence-corrected chi connectivity index (χ3v) is 6.74. The van der Waals surface area contributed by atoms with E-state index < -0.39 is 21.1 Å². The van der Waals surface area contributed by atoms with Crippen LogP contribution in [-0.2, 0) is 19.1 Å². The van der Waals surface area contributed by atoms with Gasteiger partial charge < -0.3 is 9.47 Å². The van der Waals surface area contributed by atoms with Crippen molar-refractivity contribution in [3.05, 3.63) is 35.9 Å². The molecule has 1 rings (SSSR count). The van der Waals surface area contributed by atoms with Crippen molar-refractivity contribution in [2.24, 2.45) is 10.8 Å². The number of carbonyl (C=O) groups excluding carboxylic acids is 2. The summed E-state index contributed by atoms with van der Waals surface area (Å²) in [6.45, 7) is 12.1. The van der Waals surface area contributed by atoms with Crippen LogP contribution in [0.3, 0.4) is 0 Å². The van der Waals surface area contributed by atoms with Gasteiger partial charge in [0.1, 0.15) is 0 Å². The summed E-state index contributed by atoms with van der Waals surface area (Å²) in [5.41, 5.74) is -0.423. The van der Waals surface area contributed by atoms with Gasteiger partial charge in [0, 0.05) is 4.32 Å². The number of methoxy groups -OCH3 is 1. The van der Waals surface area contributed by atoms with Gasteiger partial charge in [0.2, 0.25) is 0 Å². The Kier molecular flexibility index (Phi) is 8.09. The third kappa shape index (κ3) is 5.13. The molecule has 0 saturated heterocycles. The Labute approximate surface area is 172 Å². The molecular weight excluding hydrogens is 408 g/mol. The summed E-state index contributed by atoms with van der Waals surface area (Å²) in [4.78, 5) is 25.7. The summed E-state index contributed by atoms with van der Waals surface area (Å²) in [6.07, 6.45) is 1.18. The molecule has 1 aromatic rings. The standard InChI is InChI=1S/C22H33BrO4/c1-8-21(5,15-22(6,19(25)26-7)20(3,4)23)17(18(24)27-9-2)16-13-11-10-12-14-16/h10-14,17H,8-9,15H2,1-7H3. The first kappa shape index (κ1) is 23.7. The highest BCUT2D eigenvalue weighted by Gasteiger charge is 2.53.